The normalized spacial score (nSPS) is 20.2. The van der Waals surface area contributed by atoms with Crippen LogP contribution in [0, 0.1) is 11.8 Å². The van der Waals surface area contributed by atoms with E-state index in [1.807, 2.05) is 0 Å². The zero-order chi connectivity index (χ0) is 14.8. The third-order valence-corrected chi connectivity index (χ3v) is 4.74. The van der Waals surface area contributed by atoms with Crippen LogP contribution in [0.25, 0.3) is 0 Å². The maximum atomic E-state index is 6.47. The summed E-state index contributed by atoms with van der Waals surface area (Å²) in [5.41, 5.74) is 9.19. The Morgan fingerprint density at radius 3 is 2.29 bits per heavy atom. The molecule has 0 saturated heterocycles. The van der Waals surface area contributed by atoms with Gasteiger partial charge in [-0.3, -0.25) is 4.90 Å². The topological polar surface area (TPSA) is 29.3 Å². The van der Waals surface area contributed by atoms with E-state index >= 15 is 0 Å². The van der Waals surface area contributed by atoms with Gasteiger partial charge in [-0.15, -0.1) is 0 Å². The molecule has 1 unspecified atom stereocenters. The average molecular weight is 286 g/mol. The molecule has 2 aliphatic rings. The molecule has 0 heterocycles. The molecule has 2 saturated carbocycles. The van der Waals surface area contributed by atoms with E-state index in [2.05, 4.69) is 43.0 Å². The Labute approximate surface area is 129 Å². The highest BCUT2D eigenvalue weighted by Gasteiger charge is 2.34. The van der Waals surface area contributed by atoms with Crippen molar-refractivity contribution in [3.63, 3.8) is 0 Å². The van der Waals surface area contributed by atoms with Crippen LogP contribution in [0.5, 0.6) is 0 Å². The van der Waals surface area contributed by atoms with E-state index in [9.17, 15) is 0 Å². The van der Waals surface area contributed by atoms with E-state index in [4.69, 9.17) is 5.73 Å². The summed E-state index contributed by atoms with van der Waals surface area (Å²) in [6.07, 6.45) is 6.79. The van der Waals surface area contributed by atoms with Gasteiger partial charge in [0.15, 0.2) is 0 Å². The fraction of sp³-hybridized carbons (Fsp3) is 0.684. The highest BCUT2D eigenvalue weighted by Crippen LogP contribution is 2.35. The quantitative estimate of drug-likeness (QED) is 0.788. The van der Waals surface area contributed by atoms with Crippen molar-refractivity contribution < 1.29 is 0 Å². The lowest BCUT2D eigenvalue weighted by Crippen LogP contribution is -2.35. The molecule has 0 amide bonds. The molecule has 1 atom stereocenters. The first-order valence-corrected chi connectivity index (χ1v) is 8.70. The molecule has 2 heteroatoms. The number of hydrogen-bond donors (Lipinski definition) is 1. The summed E-state index contributed by atoms with van der Waals surface area (Å²) in [4.78, 5) is 2.66. The second kappa shape index (κ2) is 6.50. The van der Waals surface area contributed by atoms with Crippen molar-refractivity contribution in [3.05, 3.63) is 35.4 Å². The second-order valence-electron chi connectivity index (χ2n) is 7.57. The van der Waals surface area contributed by atoms with Gasteiger partial charge in [0.25, 0.3) is 0 Å². The van der Waals surface area contributed by atoms with Gasteiger partial charge in [-0.05, 0) is 55.1 Å². The van der Waals surface area contributed by atoms with E-state index in [1.165, 1.54) is 43.4 Å². The van der Waals surface area contributed by atoms with Gasteiger partial charge in [0.1, 0.15) is 0 Å². The van der Waals surface area contributed by atoms with Crippen LogP contribution >= 0.6 is 0 Å². The molecule has 3 rings (SSSR count). The van der Waals surface area contributed by atoms with Crippen molar-refractivity contribution in [3.8, 4) is 0 Å². The van der Waals surface area contributed by atoms with Crippen LogP contribution < -0.4 is 5.73 Å². The van der Waals surface area contributed by atoms with Crippen molar-refractivity contribution in [1.29, 1.82) is 0 Å². The van der Waals surface area contributed by atoms with Crippen LogP contribution in [0.4, 0.5) is 0 Å². The molecule has 1 aromatic rings. The van der Waals surface area contributed by atoms with Gasteiger partial charge in [0, 0.05) is 25.2 Å². The van der Waals surface area contributed by atoms with Gasteiger partial charge in [-0.2, -0.15) is 0 Å². The molecule has 1 aromatic carbocycles. The molecule has 116 valence electrons. The third-order valence-electron chi connectivity index (χ3n) is 4.74. The van der Waals surface area contributed by atoms with Crippen LogP contribution in [-0.2, 0) is 6.42 Å². The van der Waals surface area contributed by atoms with Crippen LogP contribution in [0.15, 0.2) is 24.3 Å². The van der Waals surface area contributed by atoms with Crippen LogP contribution in [-0.4, -0.2) is 24.0 Å². The fourth-order valence-corrected chi connectivity index (χ4v) is 3.17. The number of benzene rings is 1. The van der Waals surface area contributed by atoms with Crippen molar-refractivity contribution >= 4 is 0 Å². The number of hydrogen-bond acceptors (Lipinski definition) is 2. The average Bonchev–Trinajstić information content (AvgIpc) is 3.31. The molecule has 2 nitrogen and oxygen atoms in total. The minimum atomic E-state index is 0.164. The Hall–Kier alpha value is -0.860. The molecular formula is C19H30N2. The smallest absolute Gasteiger partial charge is 0.0424 e. The maximum absolute atomic E-state index is 6.47. The van der Waals surface area contributed by atoms with E-state index in [0.29, 0.717) is 5.92 Å². The molecule has 0 radical (unpaired) electrons. The van der Waals surface area contributed by atoms with Gasteiger partial charge < -0.3 is 5.73 Å². The van der Waals surface area contributed by atoms with Crippen molar-refractivity contribution in [2.24, 2.45) is 17.6 Å². The standard InChI is InChI=1S/C19H30N2/c1-14(2)11-15-5-7-17(8-6-15)19(20)13-21(18-9-10-18)12-16-3-4-16/h5-8,14,16,18-19H,3-4,9-13,20H2,1-2H3. The van der Waals surface area contributed by atoms with Gasteiger partial charge in [-0.1, -0.05) is 38.1 Å². The SMILES string of the molecule is CC(C)Cc1ccc(C(N)CN(CC2CC2)C2CC2)cc1. The number of nitrogens with two attached hydrogens (primary N) is 1. The molecule has 0 aliphatic heterocycles. The Kier molecular flexibility index (Phi) is 4.66. The summed E-state index contributed by atoms with van der Waals surface area (Å²) < 4.78 is 0. The largest absolute Gasteiger partial charge is 0.323 e. The minimum Gasteiger partial charge on any atom is -0.323 e. The highest BCUT2D eigenvalue weighted by molar-refractivity contribution is 5.25. The van der Waals surface area contributed by atoms with Crippen molar-refractivity contribution in [2.75, 3.05) is 13.1 Å². The molecular weight excluding hydrogens is 256 g/mol. The zero-order valence-electron chi connectivity index (χ0n) is 13.6. The fourth-order valence-electron chi connectivity index (χ4n) is 3.17. The summed E-state index contributed by atoms with van der Waals surface area (Å²) >= 11 is 0. The summed E-state index contributed by atoms with van der Waals surface area (Å²) in [6, 6.07) is 10.00. The van der Waals surface area contributed by atoms with Gasteiger partial charge in [0.2, 0.25) is 0 Å². The predicted octanol–water partition coefficient (Wildman–Crippen LogP) is 3.76. The first-order valence-electron chi connectivity index (χ1n) is 8.70. The first kappa shape index (κ1) is 15.1. The van der Waals surface area contributed by atoms with E-state index in [1.54, 1.807) is 0 Å². The third kappa shape index (κ3) is 4.55. The van der Waals surface area contributed by atoms with E-state index in [-0.39, 0.29) is 6.04 Å². The Morgan fingerprint density at radius 2 is 1.76 bits per heavy atom. The molecule has 0 bridgehead atoms. The summed E-state index contributed by atoms with van der Waals surface area (Å²) in [5, 5.41) is 0. The minimum absolute atomic E-state index is 0.164. The first-order chi connectivity index (χ1) is 10.1. The monoisotopic (exact) mass is 286 g/mol. The Balaban J connectivity index is 1.56. The summed E-state index contributed by atoms with van der Waals surface area (Å²) in [5.74, 6) is 1.68. The predicted molar refractivity (Wildman–Crippen MR) is 89.2 cm³/mol. The highest BCUT2D eigenvalue weighted by atomic mass is 15.2. The number of nitrogens with zero attached hydrogens (tertiary/aromatic N) is 1. The number of rotatable bonds is 8. The maximum Gasteiger partial charge on any atom is 0.0424 e. The van der Waals surface area contributed by atoms with Crippen LogP contribution in [0.2, 0.25) is 0 Å². The second-order valence-corrected chi connectivity index (χ2v) is 7.57. The Bertz CT molecular complexity index is 443. The lowest BCUT2D eigenvalue weighted by Gasteiger charge is -2.26. The van der Waals surface area contributed by atoms with E-state index in [0.717, 1.165) is 24.9 Å². The van der Waals surface area contributed by atoms with E-state index < -0.39 is 0 Å². The van der Waals surface area contributed by atoms with Gasteiger partial charge in [0.05, 0.1) is 0 Å². The lowest BCUT2D eigenvalue weighted by atomic mass is 9.99. The lowest BCUT2D eigenvalue weighted by molar-refractivity contribution is 0.237. The molecule has 0 aromatic heterocycles. The van der Waals surface area contributed by atoms with Crippen LogP contribution in [0.1, 0.15) is 56.7 Å². The molecule has 0 spiro atoms. The van der Waals surface area contributed by atoms with Crippen LogP contribution in [0.3, 0.4) is 0 Å². The Morgan fingerprint density at radius 1 is 1.10 bits per heavy atom. The molecule has 2 N–H and O–H groups in total. The molecule has 2 fully saturated rings. The summed E-state index contributed by atoms with van der Waals surface area (Å²) in [7, 11) is 0. The molecule has 2 aliphatic carbocycles. The summed E-state index contributed by atoms with van der Waals surface area (Å²) in [6.45, 7) is 6.85. The van der Waals surface area contributed by atoms with Crippen molar-refractivity contribution in [1.82, 2.24) is 4.90 Å². The molecule has 21 heavy (non-hydrogen) atoms. The van der Waals surface area contributed by atoms with Gasteiger partial charge >= 0.3 is 0 Å². The van der Waals surface area contributed by atoms with Gasteiger partial charge in [-0.25, -0.2) is 0 Å². The van der Waals surface area contributed by atoms with Crippen molar-refractivity contribution in [2.45, 2.75) is 58.0 Å². The zero-order valence-corrected chi connectivity index (χ0v) is 13.6.